The van der Waals surface area contributed by atoms with Gasteiger partial charge in [-0.3, -0.25) is 4.79 Å². The minimum atomic E-state index is -1.51. The van der Waals surface area contributed by atoms with E-state index in [1.54, 1.807) is 12.1 Å². The first-order valence-electron chi connectivity index (χ1n) is 6.95. The quantitative estimate of drug-likeness (QED) is 0.540. The van der Waals surface area contributed by atoms with Crippen LogP contribution in [-0.2, 0) is 6.42 Å². The molecule has 2 aromatic rings. The van der Waals surface area contributed by atoms with Gasteiger partial charge in [-0.2, -0.15) is 0 Å². The standard InChI is InChI=1S/C16H18BNO3/c19-16(14-8-10-15(11-9-14)17(20)21)18-12-4-7-13-5-2-1-3-6-13/h1-3,5-6,8-11,20-21H,4,7,12H2,(H,18,19). The predicted molar refractivity (Wildman–Crippen MR) is 83.4 cm³/mol. The summed E-state index contributed by atoms with van der Waals surface area (Å²) >= 11 is 0. The molecule has 0 atom stereocenters. The molecule has 0 heterocycles. The molecule has 0 fully saturated rings. The topological polar surface area (TPSA) is 69.6 Å². The summed E-state index contributed by atoms with van der Waals surface area (Å²) in [5.74, 6) is -0.151. The zero-order valence-electron chi connectivity index (χ0n) is 11.7. The Kier molecular flexibility index (Phi) is 5.55. The molecule has 0 radical (unpaired) electrons. The van der Waals surface area contributed by atoms with E-state index >= 15 is 0 Å². The monoisotopic (exact) mass is 283 g/mol. The van der Waals surface area contributed by atoms with Gasteiger partial charge in [-0.15, -0.1) is 0 Å². The van der Waals surface area contributed by atoms with Crippen molar-refractivity contribution < 1.29 is 14.8 Å². The maximum Gasteiger partial charge on any atom is 0.488 e. The van der Waals surface area contributed by atoms with Gasteiger partial charge in [0.05, 0.1) is 0 Å². The highest BCUT2D eigenvalue weighted by molar-refractivity contribution is 6.58. The van der Waals surface area contributed by atoms with Crippen LogP contribution in [0.5, 0.6) is 0 Å². The van der Waals surface area contributed by atoms with E-state index in [4.69, 9.17) is 10.0 Å². The zero-order valence-corrected chi connectivity index (χ0v) is 11.7. The minimum absolute atomic E-state index is 0.151. The van der Waals surface area contributed by atoms with Gasteiger partial charge in [0, 0.05) is 12.1 Å². The van der Waals surface area contributed by atoms with E-state index in [0.717, 1.165) is 12.8 Å². The molecule has 4 nitrogen and oxygen atoms in total. The largest absolute Gasteiger partial charge is 0.488 e. The molecule has 0 aliphatic rings. The van der Waals surface area contributed by atoms with E-state index in [1.807, 2.05) is 18.2 Å². The van der Waals surface area contributed by atoms with Gasteiger partial charge in [0.1, 0.15) is 0 Å². The van der Waals surface area contributed by atoms with Crippen molar-refractivity contribution in [3.8, 4) is 0 Å². The van der Waals surface area contributed by atoms with Crippen LogP contribution in [-0.4, -0.2) is 29.6 Å². The molecule has 2 aromatic carbocycles. The van der Waals surface area contributed by atoms with Crippen LogP contribution in [0.25, 0.3) is 0 Å². The highest BCUT2D eigenvalue weighted by atomic mass is 16.4. The number of amides is 1. The smallest absolute Gasteiger partial charge is 0.423 e. The lowest BCUT2D eigenvalue weighted by Gasteiger charge is -2.06. The molecule has 0 unspecified atom stereocenters. The fraction of sp³-hybridized carbons (Fsp3) is 0.188. The number of benzene rings is 2. The summed E-state index contributed by atoms with van der Waals surface area (Å²) in [6.45, 7) is 0.609. The summed E-state index contributed by atoms with van der Waals surface area (Å²) in [5.41, 5.74) is 2.14. The maximum absolute atomic E-state index is 11.9. The van der Waals surface area contributed by atoms with Crippen molar-refractivity contribution in [2.75, 3.05) is 6.54 Å². The molecular formula is C16H18BNO3. The zero-order chi connectivity index (χ0) is 15.1. The number of rotatable bonds is 6. The van der Waals surface area contributed by atoms with Gasteiger partial charge in [-0.1, -0.05) is 42.5 Å². The number of carbonyl (C=O) groups excluding carboxylic acids is 1. The van der Waals surface area contributed by atoms with Crippen LogP contribution in [0.15, 0.2) is 54.6 Å². The summed E-state index contributed by atoms with van der Waals surface area (Å²) in [5, 5.41) is 20.8. The van der Waals surface area contributed by atoms with E-state index in [2.05, 4.69) is 17.4 Å². The van der Waals surface area contributed by atoms with Crippen molar-refractivity contribution in [3.05, 3.63) is 65.7 Å². The molecule has 5 heteroatoms. The van der Waals surface area contributed by atoms with Crippen molar-refractivity contribution in [3.63, 3.8) is 0 Å². The second-order valence-corrected chi connectivity index (χ2v) is 4.84. The highest BCUT2D eigenvalue weighted by Crippen LogP contribution is 2.02. The van der Waals surface area contributed by atoms with Gasteiger partial charge in [0.15, 0.2) is 0 Å². The Morgan fingerprint density at radius 2 is 1.67 bits per heavy atom. The number of carbonyl (C=O) groups is 1. The van der Waals surface area contributed by atoms with Gasteiger partial charge in [-0.05, 0) is 36.0 Å². The average Bonchev–Trinajstić information content (AvgIpc) is 2.52. The normalized spacial score (nSPS) is 10.2. The molecule has 0 bridgehead atoms. The first-order chi connectivity index (χ1) is 10.2. The van der Waals surface area contributed by atoms with E-state index < -0.39 is 7.12 Å². The van der Waals surface area contributed by atoms with Gasteiger partial charge in [-0.25, -0.2) is 0 Å². The molecule has 0 aliphatic heterocycles. The fourth-order valence-corrected chi connectivity index (χ4v) is 2.05. The van der Waals surface area contributed by atoms with Crippen molar-refractivity contribution in [2.24, 2.45) is 0 Å². The number of hydrogen-bond acceptors (Lipinski definition) is 3. The molecule has 21 heavy (non-hydrogen) atoms. The number of nitrogens with one attached hydrogen (secondary N) is 1. The molecule has 0 aromatic heterocycles. The van der Waals surface area contributed by atoms with Crippen molar-refractivity contribution >= 4 is 18.5 Å². The molecule has 2 rings (SSSR count). The van der Waals surface area contributed by atoms with Crippen LogP contribution in [0.3, 0.4) is 0 Å². The van der Waals surface area contributed by atoms with Crippen molar-refractivity contribution in [1.29, 1.82) is 0 Å². The van der Waals surface area contributed by atoms with Crippen LogP contribution in [0.2, 0.25) is 0 Å². The minimum Gasteiger partial charge on any atom is -0.423 e. The van der Waals surface area contributed by atoms with Gasteiger partial charge < -0.3 is 15.4 Å². The van der Waals surface area contributed by atoms with Gasteiger partial charge in [0.25, 0.3) is 5.91 Å². The molecule has 0 saturated heterocycles. The van der Waals surface area contributed by atoms with Gasteiger partial charge in [0.2, 0.25) is 0 Å². The predicted octanol–water partition coefficient (Wildman–Crippen LogP) is 0.729. The summed E-state index contributed by atoms with van der Waals surface area (Å²) in [6.07, 6.45) is 1.81. The van der Waals surface area contributed by atoms with Gasteiger partial charge >= 0.3 is 7.12 Å². The second kappa shape index (κ2) is 7.62. The Labute approximate surface area is 124 Å². The molecule has 1 amide bonds. The second-order valence-electron chi connectivity index (χ2n) is 4.84. The number of hydrogen-bond donors (Lipinski definition) is 3. The summed E-state index contributed by atoms with van der Waals surface area (Å²) < 4.78 is 0. The molecule has 0 aliphatic carbocycles. The average molecular weight is 283 g/mol. The van der Waals surface area contributed by atoms with E-state index in [0.29, 0.717) is 17.6 Å². The summed E-state index contributed by atoms with van der Waals surface area (Å²) in [4.78, 5) is 11.9. The first kappa shape index (κ1) is 15.3. The van der Waals surface area contributed by atoms with Crippen LogP contribution in [0.4, 0.5) is 0 Å². The lowest BCUT2D eigenvalue weighted by Crippen LogP contribution is -2.30. The van der Waals surface area contributed by atoms with E-state index in [-0.39, 0.29) is 5.91 Å². The van der Waals surface area contributed by atoms with Crippen LogP contribution < -0.4 is 10.8 Å². The van der Waals surface area contributed by atoms with Crippen LogP contribution >= 0.6 is 0 Å². The molecule has 3 N–H and O–H groups in total. The molecular weight excluding hydrogens is 265 g/mol. The third-order valence-corrected chi connectivity index (χ3v) is 3.24. The SMILES string of the molecule is O=C(NCCCc1ccccc1)c1ccc(B(O)O)cc1. The van der Waals surface area contributed by atoms with E-state index in [9.17, 15) is 4.79 Å². The highest BCUT2D eigenvalue weighted by Gasteiger charge is 2.11. The Bertz CT molecular complexity index is 570. The fourth-order valence-electron chi connectivity index (χ4n) is 2.05. The molecule has 0 saturated carbocycles. The Morgan fingerprint density at radius 1 is 1.00 bits per heavy atom. The van der Waals surface area contributed by atoms with E-state index in [1.165, 1.54) is 17.7 Å². The Balaban J connectivity index is 1.76. The first-order valence-corrected chi connectivity index (χ1v) is 6.95. The maximum atomic E-state index is 11.9. The van der Waals surface area contributed by atoms with Crippen LogP contribution in [0, 0.1) is 0 Å². The summed E-state index contributed by atoms with van der Waals surface area (Å²) in [6, 6.07) is 16.4. The number of aryl methyl sites for hydroxylation is 1. The Morgan fingerprint density at radius 3 is 2.29 bits per heavy atom. The van der Waals surface area contributed by atoms with Crippen molar-refractivity contribution in [1.82, 2.24) is 5.32 Å². The third-order valence-electron chi connectivity index (χ3n) is 3.24. The molecule has 108 valence electrons. The Hall–Kier alpha value is -2.11. The lowest BCUT2D eigenvalue weighted by molar-refractivity contribution is 0.0953. The third kappa shape index (κ3) is 4.74. The summed E-state index contributed by atoms with van der Waals surface area (Å²) in [7, 11) is -1.51. The van der Waals surface area contributed by atoms with Crippen LogP contribution in [0.1, 0.15) is 22.3 Å². The molecule has 0 spiro atoms. The lowest BCUT2D eigenvalue weighted by atomic mass is 9.80. The van der Waals surface area contributed by atoms with Crippen molar-refractivity contribution in [2.45, 2.75) is 12.8 Å².